The molecule has 0 unspecified atom stereocenters. The summed E-state index contributed by atoms with van der Waals surface area (Å²) in [6.07, 6.45) is 0.294. The molecule has 0 saturated heterocycles. The van der Waals surface area contributed by atoms with Crippen molar-refractivity contribution in [2.75, 3.05) is 0 Å². The Kier molecular flexibility index (Phi) is 8.25. The minimum atomic E-state index is -0.867. The average Bonchev–Trinajstić information content (AvgIpc) is 3.27. The zero-order valence-electron chi connectivity index (χ0n) is 19.4. The number of benzene rings is 3. The lowest BCUT2D eigenvalue weighted by atomic mass is 10.1. The first-order valence-electron chi connectivity index (χ1n) is 11.3. The van der Waals surface area contributed by atoms with E-state index in [0.29, 0.717) is 18.7 Å². The van der Waals surface area contributed by atoms with Gasteiger partial charge in [0.25, 0.3) is 0 Å². The van der Waals surface area contributed by atoms with Crippen LogP contribution in [-0.2, 0) is 22.8 Å². The maximum Gasteiger partial charge on any atom is 0.303 e. The molecule has 4 aromatic rings. The number of hydrogen-bond acceptors (Lipinski definition) is 6. The molecule has 6 nitrogen and oxygen atoms in total. The monoisotopic (exact) mass is 486 g/mol. The maximum absolute atomic E-state index is 11.0. The van der Waals surface area contributed by atoms with Gasteiger partial charge in [0.2, 0.25) is 0 Å². The predicted molar refractivity (Wildman–Crippen MR) is 138 cm³/mol. The van der Waals surface area contributed by atoms with Crippen LogP contribution in [0.4, 0.5) is 0 Å². The average molecular weight is 487 g/mol. The highest BCUT2D eigenvalue weighted by Crippen LogP contribution is 2.28. The number of carboxylic acid groups (broad SMARTS) is 1. The van der Waals surface area contributed by atoms with E-state index < -0.39 is 5.97 Å². The van der Waals surface area contributed by atoms with E-state index in [1.807, 2.05) is 72.8 Å². The normalized spacial score (nSPS) is 11.3. The fourth-order valence-corrected chi connectivity index (χ4v) is 4.31. The van der Waals surface area contributed by atoms with E-state index in [0.717, 1.165) is 38.0 Å². The number of nitrogens with zero attached hydrogens (tertiary/aromatic N) is 2. The molecular weight excluding hydrogens is 460 g/mol. The van der Waals surface area contributed by atoms with Crippen molar-refractivity contribution in [3.05, 3.63) is 107 Å². The number of rotatable bonds is 11. The Hall–Kier alpha value is -3.97. The van der Waals surface area contributed by atoms with Gasteiger partial charge in [-0.05, 0) is 30.2 Å². The van der Waals surface area contributed by atoms with E-state index in [9.17, 15) is 4.79 Å². The Morgan fingerprint density at radius 2 is 1.60 bits per heavy atom. The van der Waals surface area contributed by atoms with E-state index in [2.05, 4.69) is 24.2 Å². The molecule has 4 rings (SSSR count). The molecule has 0 bridgehead atoms. The Morgan fingerprint density at radius 1 is 0.914 bits per heavy atom. The fraction of sp³-hybridized carbons (Fsp3) is 0.179. The third-order valence-electron chi connectivity index (χ3n) is 5.30. The predicted octanol–water partition coefficient (Wildman–Crippen LogP) is 6.48. The van der Waals surface area contributed by atoms with E-state index in [-0.39, 0.29) is 13.0 Å². The van der Waals surface area contributed by atoms with Crippen LogP contribution in [0.1, 0.15) is 34.5 Å². The Balaban J connectivity index is 1.32. The second-order valence-electron chi connectivity index (χ2n) is 7.89. The van der Waals surface area contributed by atoms with Crippen LogP contribution in [0.5, 0.6) is 5.75 Å². The molecule has 0 amide bonds. The van der Waals surface area contributed by atoms with Crippen molar-refractivity contribution >= 4 is 23.0 Å². The van der Waals surface area contributed by atoms with E-state index in [4.69, 9.17) is 19.7 Å². The highest BCUT2D eigenvalue weighted by atomic mass is 32.1. The smallest absolute Gasteiger partial charge is 0.303 e. The minimum absolute atomic E-state index is 0.00553. The molecule has 178 valence electrons. The summed E-state index contributed by atoms with van der Waals surface area (Å²) in [6, 6.07) is 27.2. The quantitative estimate of drug-likeness (QED) is 0.194. The Labute approximate surface area is 208 Å². The number of ether oxygens (including phenoxy) is 1. The number of carbonyl (C=O) groups is 1. The van der Waals surface area contributed by atoms with Gasteiger partial charge in [-0.15, -0.1) is 11.3 Å². The molecule has 1 aromatic heterocycles. The minimum Gasteiger partial charge on any atom is -0.487 e. The topological polar surface area (TPSA) is 81.0 Å². The van der Waals surface area contributed by atoms with Gasteiger partial charge >= 0.3 is 5.97 Å². The van der Waals surface area contributed by atoms with Crippen LogP contribution in [0.3, 0.4) is 0 Å². The van der Waals surface area contributed by atoms with Crippen molar-refractivity contribution in [3.63, 3.8) is 0 Å². The molecular formula is C28H26N2O4S. The lowest BCUT2D eigenvalue weighted by Gasteiger charge is -2.08. The summed E-state index contributed by atoms with van der Waals surface area (Å²) in [5.74, 6) is -0.120. The lowest BCUT2D eigenvalue weighted by Crippen LogP contribution is -2.06. The lowest BCUT2D eigenvalue weighted by molar-refractivity contribution is -0.136. The van der Waals surface area contributed by atoms with Crippen LogP contribution >= 0.6 is 11.3 Å². The van der Waals surface area contributed by atoms with E-state index in [1.54, 1.807) is 11.3 Å². The Bertz CT molecular complexity index is 1270. The summed E-state index contributed by atoms with van der Waals surface area (Å²) in [5.41, 5.74) is 4.44. The van der Waals surface area contributed by atoms with Gasteiger partial charge in [-0.2, -0.15) is 0 Å². The van der Waals surface area contributed by atoms with Gasteiger partial charge in [0, 0.05) is 16.9 Å². The third-order valence-corrected chi connectivity index (χ3v) is 6.36. The van der Waals surface area contributed by atoms with Crippen LogP contribution < -0.4 is 4.74 Å². The van der Waals surface area contributed by atoms with E-state index >= 15 is 0 Å². The second-order valence-corrected chi connectivity index (χ2v) is 9.09. The van der Waals surface area contributed by atoms with Crippen LogP contribution in [0.15, 0.2) is 90.1 Å². The van der Waals surface area contributed by atoms with Crippen molar-refractivity contribution < 1.29 is 19.5 Å². The van der Waals surface area contributed by atoms with Crippen molar-refractivity contribution in [2.45, 2.75) is 33.0 Å². The standard InChI is InChI=1S/C28H26N2O4S/c1-20-26(29-28(35-20)23-10-6-3-7-11-23)19-33-24-14-12-21(13-15-24)18-34-30-25(16-17-27(31)32)22-8-4-2-5-9-22/h2-15H,16-19H2,1H3,(H,31,32). The molecule has 1 N–H and O–H groups in total. The maximum atomic E-state index is 11.0. The molecule has 35 heavy (non-hydrogen) atoms. The molecule has 7 heteroatoms. The van der Waals surface area contributed by atoms with Crippen molar-refractivity contribution in [3.8, 4) is 16.3 Å². The highest BCUT2D eigenvalue weighted by Gasteiger charge is 2.10. The molecule has 0 atom stereocenters. The van der Waals surface area contributed by atoms with Crippen molar-refractivity contribution in [2.24, 2.45) is 5.16 Å². The largest absolute Gasteiger partial charge is 0.487 e. The van der Waals surface area contributed by atoms with Crippen molar-refractivity contribution in [1.29, 1.82) is 0 Å². The molecule has 3 aromatic carbocycles. The molecule has 0 aliphatic rings. The number of aliphatic carboxylic acids is 1. The molecule has 0 radical (unpaired) electrons. The van der Waals surface area contributed by atoms with Gasteiger partial charge in [-0.3, -0.25) is 4.79 Å². The van der Waals surface area contributed by atoms with Crippen LogP contribution in [0.25, 0.3) is 10.6 Å². The number of thiazole rings is 1. The van der Waals surface area contributed by atoms with Gasteiger partial charge in [-0.1, -0.05) is 78.0 Å². The zero-order chi connectivity index (χ0) is 24.5. The van der Waals surface area contributed by atoms with Gasteiger partial charge < -0.3 is 14.7 Å². The zero-order valence-corrected chi connectivity index (χ0v) is 20.2. The first-order valence-corrected chi connectivity index (χ1v) is 12.1. The highest BCUT2D eigenvalue weighted by molar-refractivity contribution is 7.15. The SMILES string of the molecule is Cc1sc(-c2ccccc2)nc1COc1ccc(CON=C(CCC(=O)O)c2ccccc2)cc1. The number of aryl methyl sites for hydroxylation is 1. The summed E-state index contributed by atoms with van der Waals surface area (Å²) in [5, 5.41) is 14.2. The molecule has 0 saturated carbocycles. The van der Waals surface area contributed by atoms with Gasteiger partial charge in [0.05, 0.1) is 17.8 Å². The number of oxime groups is 1. The second kappa shape index (κ2) is 11.9. The number of aromatic nitrogens is 1. The summed E-state index contributed by atoms with van der Waals surface area (Å²) in [4.78, 5) is 22.4. The molecule has 0 aliphatic heterocycles. The van der Waals surface area contributed by atoms with Gasteiger partial charge in [0.1, 0.15) is 24.0 Å². The summed E-state index contributed by atoms with van der Waals surface area (Å²) >= 11 is 1.67. The number of carboxylic acids is 1. The first kappa shape index (κ1) is 24.2. The summed E-state index contributed by atoms with van der Waals surface area (Å²) < 4.78 is 5.95. The molecule has 0 fully saturated rings. The fourth-order valence-electron chi connectivity index (χ4n) is 3.38. The molecule has 0 aliphatic carbocycles. The number of hydrogen-bond donors (Lipinski definition) is 1. The summed E-state index contributed by atoms with van der Waals surface area (Å²) in [6.45, 7) is 2.73. The van der Waals surface area contributed by atoms with E-state index in [1.165, 1.54) is 0 Å². The van der Waals surface area contributed by atoms with Gasteiger partial charge in [-0.25, -0.2) is 4.98 Å². The van der Waals surface area contributed by atoms with Crippen LogP contribution in [0.2, 0.25) is 0 Å². The molecule has 0 spiro atoms. The third kappa shape index (κ3) is 7.01. The van der Waals surface area contributed by atoms with Gasteiger partial charge in [0.15, 0.2) is 0 Å². The molecule has 1 heterocycles. The van der Waals surface area contributed by atoms with Crippen LogP contribution in [0, 0.1) is 6.92 Å². The first-order chi connectivity index (χ1) is 17.1. The van der Waals surface area contributed by atoms with Crippen LogP contribution in [-0.4, -0.2) is 21.8 Å². The Morgan fingerprint density at radius 3 is 2.29 bits per heavy atom. The summed E-state index contributed by atoms with van der Waals surface area (Å²) in [7, 11) is 0. The van der Waals surface area contributed by atoms with Crippen molar-refractivity contribution in [1.82, 2.24) is 4.98 Å².